The van der Waals surface area contributed by atoms with Crippen molar-refractivity contribution in [2.24, 2.45) is 0 Å². The molecule has 1 unspecified atom stereocenters. The molecule has 3 atom stereocenters. The predicted molar refractivity (Wildman–Crippen MR) is 115 cm³/mol. The Labute approximate surface area is 173 Å². The van der Waals surface area contributed by atoms with Crippen LogP contribution < -0.4 is 10.2 Å². The molecule has 2 N–H and O–H groups in total. The Kier molecular flexibility index (Phi) is 4.81. The van der Waals surface area contributed by atoms with E-state index in [2.05, 4.69) is 23.5 Å². The molecule has 1 aliphatic heterocycles. The lowest BCUT2D eigenvalue weighted by atomic mass is 10.2. The SMILES string of the molecule is C[C@@H](NC(=O)C[NH+]1CCC[C@@H]1c1nc2ccccc2s1)c1cc2ccccc2o1. The lowest BCUT2D eigenvalue weighted by Crippen LogP contribution is -3.11. The Balaban J connectivity index is 1.26. The minimum Gasteiger partial charge on any atom is -0.459 e. The molecule has 29 heavy (non-hydrogen) atoms. The van der Waals surface area contributed by atoms with Crippen LogP contribution >= 0.6 is 11.3 Å². The van der Waals surface area contributed by atoms with Crippen molar-refractivity contribution in [3.63, 3.8) is 0 Å². The van der Waals surface area contributed by atoms with E-state index in [-0.39, 0.29) is 11.9 Å². The first-order valence-corrected chi connectivity index (χ1v) is 11.0. The van der Waals surface area contributed by atoms with Crippen LogP contribution in [0, 0.1) is 0 Å². The summed E-state index contributed by atoms with van der Waals surface area (Å²) in [5.41, 5.74) is 1.91. The molecular formula is C23H24N3O2S+. The molecule has 0 aliphatic carbocycles. The van der Waals surface area contributed by atoms with Crippen LogP contribution in [-0.2, 0) is 4.79 Å². The fourth-order valence-electron chi connectivity index (χ4n) is 4.25. The van der Waals surface area contributed by atoms with Crippen LogP contribution in [0.3, 0.4) is 0 Å². The first kappa shape index (κ1) is 18.3. The van der Waals surface area contributed by atoms with E-state index in [1.807, 2.05) is 43.3 Å². The third-order valence-electron chi connectivity index (χ3n) is 5.73. The quantitative estimate of drug-likeness (QED) is 0.532. The Morgan fingerprint density at radius 1 is 1.28 bits per heavy atom. The number of aromatic nitrogens is 1. The van der Waals surface area contributed by atoms with Gasteiger partial charge in [-0.3, -0.25) is 4.79 Å². The lowest BCUT2D eigenvalue weighted by molar-refractivity contribution is -0.910. The fourth-order valence-corrected chi connectivity index (χ4v) is 5.41. The van der Waals surface area contributed by atoms with Crippen molar-refractivity contribution in [1.82, 2.24) is 10.3 Å². The molecule has 1 amide bonds. The van der Waals surface area contributed by atoms with Gasteiger partial charge < -0.3 is 14.6 Å². The summed E-state index contributed by atoms with van der Waals surface area (Å²) in [4.78, 5) is 18.9. The molecule has 6 heteroatoms. The van der Waals surface area contributed by atoms with E-state index in [0.717, 1.165) is 46.6 Å². The molecular weight excluding hydrogens is 382 g/mol. The number of furan rings is 1. The monoisotopic (exact) mass is 406 g/mol. The molecule has 1 saturated heterocycles. The Morgan fingerprint density at radius 2 is 2.10 bits per heavy atom. The van der Waals surface area contributed by atoms with E-state index >= 15 is 0 Å². The van der Waals surface area contributed by atoms with Gasteiger partial charge in [-0.15, -0.1) is 11.3 Å². The van der Waals surface area contributed by atoms with Gasteiger partial charge in [0.15, 0.2) is 11.6 Å². The molecule has 4 aromatic rings. The number of carbonyl (C=O) groups excluding carboxylic acids is 1. The number of para-hydroxylation sites is 2. The maximum atomic E-state index is 12.8. The minimum absolute atomic E-state index is 0.0565. The number of hydrogen-bond acceptors (Lipinski definition) is 4. The third-order valence-corrected chi connectivity index (χ3v) is 6.88. The van der Waals surface area contributed by atoms with Crippen LogP contribution in [-0.4, -0.2) is 24.0 Å². The van der Waals surface area contributed by atoms with E-state index in [1.54, 1.807) is 11.3 Å². The highest BCUT2D eigenvalue weighted by Crippen LogP contribution is 2.28. The molecule has 5 rings (SSSR count). The van der Waals surface area contributed by atoms with Crippen LogP contribution in [0.1, 0.15) is 42.6 Å². The maximum Gasteiger partial charge on any atom is 0.275 e. The zero-order valence-electron chi connectivity index (χ0n) is 16.4. The zero-order chi connectivity index (χ0) is 19.8. The van der Waals surface area contributed by atoms with Gasteiger partial charge in [-0.05, 0) is 31.2 Å². The van der Waals surface area contributed by atoms with Crippen molar-refractivity contribution in [2.45, 2.75) is 31.8 Å². The minimum atomic E-state index is -0.155. The Bertz CT molecular complexity index is 1100. The number of amides is 1. The van der Waals surface area contributed by atoms with Crippen LogP contribution in [0.2, 0.25) is 0 Å². The molecule has 2 aromatic carbocycles. The van der Waals surface area contributed by atoms with Crippen molar-refractivity contribution in [3.05, 3.63) is 65.4 Å². The number of fused-ring (bicyclic) bond motifs is 2. The van der Waals surface area contributed by atoms with Gasteiger partial charge in [0, 0.05) is 18.2 Å². The molecule has 1 aliphatic rings. The summed E-state index contributed by atoms with van der Waals surface area (Å²) >= 11 is 1.76. The van der Waals surface area contributed by atoms with Crippen molar-refractivity contribution >= 4 is 38.4 Å². The van der Waals surface area contributed by atoms with Gasteiger partial charge in [-0.25, -0.2) is 4.98 Å². The first-order chi connectivity index (χ1) is 14.2. The number of benzene rings is 2. The van der Waals surface area contributed by atoms with E-state index in [4.69, 9.17) is 9.40 Å². The molecule has 0 saturated carbocycles. The Morgan fingerprint density at radius 3 is 2.97 bits per heavy atom. The number of nitrogens with zero attached hydrogens (tertiary/aromatic N) is 1. The van der Waals surface area contributed by atoms with Crippen LogP contribution in [0.5, 0.6) is 0 Å². The highest BCUT2D eigenvalue weighted by Gasteiger charge is 2.34. The third kappa shape index (κ3) is 3.66. The van der Waals surface area contributed by atoms with Gasteiger partial charge in [0.05, 0.1) is 22.8 Å². The average Bonchev–Trinajstić information content (AvgIpc) is 3.44. The van der Waals surface area contributed by atoms with Gasteiger partial charge in [-0.1, -0.05) is 30.3 Å². The number of carbonyl (C=O) groups is 1. The summed E-state index contributed by atoms with van der Waals surface area (Å²) < 4.78 is 7.11. The number of nitrogens with one attached hydrogen (secondary N) is 2. The van der Waals surface area contributed by atoms with E-state index in [0.29, 0.717) is 12.6 Å². The maximum absolute atomic E-state index is 12.8. The standard InChI is InChI=1S/C23H23N3O2S/c1-15(20-13-16-7-2-4-10-19(16)28-20)24-22(27)14-26-12-6-9-18(26)23-25-17-8-3-5-11-21(17)29-23/h2-5,7-8,10-11,13,15,18H,6,9,12,14H2,1H3,(H,24,27)/p+1/t15-,18-/m1/s1. The molecule has 3 heterocycles. The van der Waals surface area contributed by atoms with Crippen LogP contribution in [0.15, 0.2) is 59.0 Å². The van der Waals surface area contributed by atoms with E-state index < -0.39 is 0 Å². The molecule has 2 aromatic heterocycles. The normalized spacial score (nSPS) is 20.3. The zero-order valence-corrected chi connectivity index (χ0v) is 17.2. The fraction of sp³-hybridized carbons (Fsp3) is 0.304. The number of hydrogen-bond donors (Lipinski definition) is 2. The van der Waals surface area contributed by atoms with Gasteiger partial charge >= 0.3 is 0 Å². The molecule has 148 valence electrons. The highest BCUT2D eigenvalue weighted by atomic mass is 32.1. The summed E-state index contributed by atoms with van der Waals surface area (Å²) in [7, 11) is 0. The Hall–Kier alpha value is -2.70. The van der Waals surface area contributed by atoms with Gasteiger partial charge in [0.1, 0.15) is 17.4 Å². The van der Waals surface area contributed by atoms with E-state index in [9.17, 15) is 4.79 Å². The second-order valence-electron chi connectivity index (χ2n) is 7.78. The second kappa shape index (κ2) is 7.61. The molecule has 0 radical (unpaired) electrons. The molecule has 0 spiro atoms. The van der Waals surface area contributed by atoms with Crippen LogP contribution in [0.25, 0.3) is 21.2 Å². The summed E-state index contributed by atoms with van der Waals surface area (Å²) in [6, 6.07) is 18.3. The lowest BCUT2D eigenvalue weighted by Gasteiger charge is -2.20. The van der Waals surface area contributed by atoms with Crippen molar-refractivity contribution in [1.29, 1.82) is 0 Å². The van der Waals surface area contributed by atoms with Crippen molar-refractivity contribution in [3.8, 4) is 0 Å². The van der Waals surface area contributed by atoms with Gasteiger partial charge in [0.2, 0.25) is 0 Å². The van der Waals surface area contributed by atoms with Crippen molar-refractivity contribution in [2.75, 3.05) is 13.1 Å². The highest BCUT2D eigenvalue weighted by molar-refractivity contribution is 7.18. The largest absolute Gasteiger partial charge is 0.459 e. The number of thiazole rings is 1. The summed E-state index contributed by atoms with van der Waals surface area (Å²) in [5, 5.41) is 5.32. The first-order valence-electron chi connectivity index (χ1n) is 10.2. The summed E-state index contributed by atoms with van der Waals surface area (Å²) in [5.74, 6) is 0.847. The average molecular weight is 407 g/mol. The smallest absolute Gasteiger partial charge is 0.275 e. The summed E-state index contributed by atoms with van der Waals surface area (Å²) in [6.07, 6.45) is 2.21. The topological polar surface area (TPSA) is 59.6 Å². The number of likely N-dealkylation sites (tertiary alicyclic amines) is 1. The predicted octanol–water partition coefficient (Wildman–Crippen LogP) is 3.64. The summed E-state index contributed by atoms with van der Waals surface area (Å²) in [6.45, 7) is 3.44. The molecule has 1 fully saturated rings. The molecule has 5 nitrogen and oxygen atoms in total. The van der Waals surface area contributed by atoms with E-state index in [1.165, 1.54) is 9.60 Å². The molecule has 0 bridgehead atoms. The number of quaternary nitrogens is 1. The second-order valence-corrected chi connectivity index (χ2v) is 8.84. The number of rotatable bonds is 5. The van der Waals surface area contributed by atoms with Crippen molar-refractivity contribution < 1.29 is 14.1 Å². The van der Waals surface area contributed by atoms with Gasteiger partial charge in [0.25, 0.3) is 5.91 Å². The van der Waals surface area contributed by atoms with Crippen LogP contribution in [0.4, 0.5) is 0 Å². The van der Waals surface area contributed by atoms with Gasteiger partial charge in [-0.2, -0.15) is 0 Å².